The third-order valence-electron chi connectivity index (χ3n) is 4.34. The Morgan fingerprint density at radius 1 is 1.00 bits per heavy atom. The Morgan fingerprint density at radius 3 is 2.62 bits per heavy atom. The number of fused-ring (bicyclic) bond motifs is 1. The summed E-state index contributed by atoms with van der Waals surface area (Å²) in [7, 11) is 0. The van der Waals surface area contributed by atoms with Crippen LogP contribution in [0.3, 0.4) is 0 Å². The number of hydrogen-bond donors (Lipinski definition) is 0. The molecule has 0 N–H and O–H groups in total. The fourth-order valence-corrected chi connectivity index (χ4v) is 3.08. The summed E-state index contributed by atoms with van der Waals surface area (Å²) < 4.78 is 3.37. The number of benzene rings is 1. The highest BCUT2D eigenvalue weighted by atomic mass is 16.1. The van der Waals surface area contributed by atoms with Crippen LogP contribution >= 0.6 is 0 Å². The Hall–Kier alpha value is -3.28. The predicted octanol–water partition coefficient (Wildman–Crippen LogP) is 2.93. The number of hydrogen-bond acceptors (Lipinski definition) is 4. The normalized spacial score (nSPS) is 11.2. The molecular formula is C20H19N5O. The minimum absolute atomic E-state index is 0.0945. The molecule has 0 aliphatic heterocycles. The summed E-state index contributed by atoms with van der Waals surface area (Å²) >= 11 is 0. The monoisotopic (exact) mass is 345 g/mol. The molecule has 0 radical (unpaired) electrons. The largest absolute Gasteiger partial charge is 0.269 e. The molecule has 130 valence electrons. The van der Waals surface area contributed by atoms with Crippen molar-refractivity contribution in [3.63, 3.8) is 0 Å². The van der Waals surface area contributed by atoms with Gasteiger partial charge in [-0.15, -0.1) is 0 Å². The lowest BCUT2D eigenvalue weighted by molar-refractivity contribution is 0.670. The second-order valence-electron chi connectivity index (χ2n) is 6.48. The molecule has 0 unspecified atom stereocenters. The van der Waals surface area contributed by atoms with E-state index in [1.165, 1.54) is 0 Å². The highest BCUT2D eigenvalue weighted by molar-refractivity contribution is 5.60. The maximum absolute atomic E-state index is 12.4. The van der Waals surface area contributed by atoms with Crippen molar-refractivity contribution in [3.8, 4) is 11.4 Å². The number of pyridine rings is 1. The molecular weight excluding hydrogens is 326 g/mol. The van der Waals surface area contributed by atoms with Crippen molar-refractivity contribution in [2.45, 2.75) is 27.3 Å². The van der Waals surface area contributed by atoms with Gasteiger partial charge in [0.25, 0.3) is 5.56 Å². The van der Waals surface area contributed by atoms with Gasteiger partial charge in [0.2, 0.25) is 0 Å². The van der Waals surface area contributed by atoms with Crippen molar-refractivity contribution in [1.82, 2.24) is 24.1 Å². The first-order valence-corrected chi connectivity index (χ1v) is 8.48. The molecule has 0 fully saturated rings. The van der Waals surface area contributed by atoms with E-state index < -0.39 is 0 Å². The van der Waals surface area contributed by atoms with Crippen molar-refractivity contribution in [1.29, 1.82) is 0 Å². The lowest BCUT2D eigenvalue weighted by Crippen LogP contribution is -2.17. The van der Waals surface area contributed by atoms with E-state index in [0.717, 1.165) is 22.5 Å². The second-order valence-corrected chi connectivity index (χ2v) is 6.48. The predicted molar refractivity (Wildman–Crippen MR) is 100 cm³/mol. The van der Waals surface area contributed by atoms with Gasteiger partial charge >= 0.3 is 0 Å². The molecule has 0 amide bonds. The van der Waals surface area contributed by atoms with Crippen LogP contribution in [0.25, 0.3) is 17.0 Å². The van der Waals surface area contributed by atoms with Gasteiger partial charge in [0.05, 0.1) is 12.2 Å². The molecule has 3 aromatic heterocycles. The van der Waals surface area contributed by atoms with Gasteiger partial charge in [0, 0.05) is 17.8 Å². The van der Waals surface area contributed by atoms with Gasteiger partial charge in [-0.3, -0.25) is 9.20 Å². The van der Waals surface area contributed by atoms with Gasteiger partial charge in [0.1, 0.15) is 11.5 Å². The van der Waals surface area contributed by atoms with Crippen LogP contribution in [0.1, 0.15) is 22.6 Å². The van der Waals surface area contributed by atoms with E-state index in [0.29, 0.717) is 23.7 Å². The summed E-state index contributed by atoms with van der Waals surface area (Å²) in [5.41, 5.74) is 4.38. The molecule has 6 heteroatoms. The number of nitrogens with zero attached hydrogens (tertiary/aromatic N) is 5. The summed E-state index contributed by atoms with van der Waals surface area (Å²) in [4.78, 5) is 21.6. The van der Waals surface area contributed by atoms with Crippen molar-refractivity contribution in [3.05, 3.63) is 81.7 Å². The molecule has 0 saturated carbocycles. The topological polar surface area (TPSA) is 65.1 Å². The first-order chi connectivity index (χ1) is 12.5. The molecule has 4 aromatic rings. The van der Waals surface area contributed by atoms with Gasteiger partial charge in [-0.05, 0) is 38.0 Å². The molecule has 0 aliphatic carbocycles. The van der Waals surface area contributed by atoms with Crippen molar-refractivity contribution in [2.24, 2.45) is 0 Å². The molecule has 0 atom stereocenters. The summed E-state index contributed by atoms with van der Waals surface area (Å²) in [5.74, 6) is 1.47. The Morgan fingerprint density at radius 2 is 1.81 bits per heavy atom. The van der Waals surface area contributed by atoms with Crippen molar-refractivity contribution >= 4 is 5.65 Å². The van der Waals surface area contributed by atoms with Crippen LogP contribution < -0.4 is 5.56 Å². The standard InChI is InChI=1S/C20H19N5O/c1-13-8-9-18-22-16(10-19(26)24(18)11-13)12-25-20(21-15(3)23-25)17-7-5-4-6-14(17)2/h4-11H,12H2,1-3H3. The maximum Gasteiger partial charge on any atom is 0.258 e. The molecule has 6 nitrogen and oxygen atoms in total. The lowest BCUT2D eigenvalue weighted by atomic mass is 10.1. The lowest BCUT2D eigenvalue weighted by Gasteiger charge is -2.09. The summed E-state index contributed by atoms with van der Waals surface area (Å²) in [6.07, 6.45) is 1.80. The average Bonchev–Trinajstić information content (AvgIpc) is 2.96. The van der Waals surface area contributed by atoms with Gasteiger partial charge in [0.15, 0.2) is 5.82 Å². The van der Waals surface area contributed by atoms with Gasteiger partial charge in [-0.2, -0.15) is 5.10 Å². The number of rotatable bonds is 3. The average molecular weight is 345 g/mol. The van der Waals surface area contributed by atoms with E-state index in [1.807, 2.05) is 61.9 Å². The van der Waals surface area contributed by atoms with Crippen LogP contribution in [0.5, 0.6) is 0 Å². The first-order valence-electron chi connectivity index (χ1n) is 8.48. The van der Waals surface area contributed by atoms with Crippen LogP contribution in [0.15, 0.2) is 53.5 Å². The zero-order valence-corrected chi connectivity index (χ0v) is 15.0. The Balaban J connectivity index is 1.79. The van der Waals surface area contributed by atoms with Crippen molar-refractivity contribution in [2.75, 3.05) is 0 Å². The van der Waals surface area contributed by atoms with Crippen molar-refractivity contribution < 1.29 is 0 Å². The van der Waals surface area contributed by atoms with Crippen LogP contribution in [0.4, 0.5) is 0 Å². The van der Waals surface area contributed by atoms with Crippen LogP contribution in [0.2, 0.25) is 0 Å². The SMILES string of the molecule is Cc1ccc2nc(Cn3nc(C)nc3-c3ccccc3C)cc(=O)n2c1. The van der Waals surface area contributed by atoms with E-state index in [4.69, 9.17) is 0 Å². The summed E-state index contributed by atoms with van der Waals surface area (Å²) in [6.45, 7) is 6.26. The molecule has 0 saturated heterocycles. The number of aromatic nitrogens is 5. The number of aryl methyl sites for hydroxylation is 3. The molecule has 0 bridgehead atoms. The highest BCUT2D eigenvalue weighted by Crippen LogP contribution is 2.22. The third kappa shape index (κ3) is 2.90. The Labute approximate surface area is 150 Å². The Bertz CT molecular complexity index is 1170. The maximum atomic E-state index is 12.4. The fourth-order valence-electron chi connectivity index (χ4n) is 3.08. The molecule has 3 heterocycles. The second kappa shape index (κ2) is 6.22. The van der Waals surface area contributed by atoms with E-state index in [9.17, 15) is 4.79 Å². The van der Waals surface area contributed by atoms with E-state index in [-0.39, 0.29) is 5.56 Å². The fraction of sp³-hybridized carbons (Fsp3) is 0.200. The quantitative estimate of drug-likeness (QED) is 0.573. The molecule has 4 rings (SSSR count). The zero-order valence-electron chi connectivity index (χ0n) is 15.0. The third-order valence-corrected chi connectivity index (χ3v) is 4.34. The van der Waals surface area contributed by atoms with Crippen LogP contribution in [-0.4, -0.2) is 24.1 Å². The summed E-state index contributed by atoms with van der Waals surface area (Å²) in [5, 5.41) is 4.50. The zero-order chi connectivity index (χ0) is 18.3. The minimum Gasteiger partial charge on any atom is -0.269 e. The molecule has 26 heavy (non-hydrogen) atoms. The summed E-state index contributed by atoms with van der Waals surface area (Å²) in [6, 6.07) is 13.4. The Kier molecular flexibility index (Phi) is 3.88. The molecule has 0 spiro atoms. The van der Waals surface area contributed by atoms with Crippen LogP contribution in [0, 0.1) is 20.8 Å². The smallest absolute Gasteiger partial charge is 0.258 e. The van der Waals surface area contributed by atoms with E-state index in [1.54, 1.807) is 16.7 Å². The van der Waals surface area contributed by atoms with Gasteiger partial charge in [-0.1, -0.05) is 30.3 Å². The highest BCUT2D eigenvalue weighted by Gasteiger charge is 2.13. The van der Waals surface area contributed by atoms with E-state index >= 15 is 0 Å². The first kappa shape index (κ1) is 16.2. The van der Waals surface area contributed by atoms with E-state index in [2.05, 4.69) is 15.1 Å². The van der Waals surface area contributed by atoms with Gasteiger partial charge in [-0.25, -0.2) is 14.6 Å². The minimum atomic E-state index is -0.0945. The van der Waals surface area contributed by atoms with Gasteiger partial charge < -0.3 is 0 Å². The molecule has 1 aromatic carbocycles. The van der Waals surface area contributed by atoms with Crippen LogP contribution in [-0.2, 0) is 6.54 Å². The molecule has 0 aliphatic rings.